The highest BCUT2D eigenvalue weighted by Gasteiger charge is 2.15. The van der Waals surface area contributed by atoms with E-state index in [1.807, 2.05) is 31.2 Å². The Hall–Kier alpha value is -3.49. The zero-order valence-corrected chi connectivity index (χ0v) is 16.6. The number of fused-ring (bicyclic) bond motifs is 1. The van der Waals surface area contributed by atoms with Gasteiger partial charge in [0, 0.05) is 13.0 Å². The highest BCUT2D eigenvalue weighted by atomic mass is 16.5. The first-order chi connectivity index (χ1) is 13.9. The Morgan fingerprint density at radius 1 is 1.17 bits per heavy atom. The summed E-state index contributed by atoms with van der Waals surface area (Å²) in [7, 11) is 0. The number of aryl methyl sites for hydroxylation is 2. The number of esters is 1. The first-order valence-corrected chi connectivity index (χ1v) is 9.35. The van der Waals surface area contributed by atoms with Crippen LogP contribution in [-0.4, -0.2) is 44.4 Å². The van der Waals surface area contributed by atoms with E-state index in [0.717, 1.165) is 11.3 Å². The van der Waals surface area contributed by atoms with E-state index in [0.29, 0.717) is 16.9 Å². The lowest BCUT2D eigenvalue weighted by Crippen LogP contribution is -2.32. The molecule has 9 nitrogen and oxygen atoms in total. The second-order valence-corrected chi connectivity index (χ2v) is 6.58. The summed E-state index contributed by atoms with van der Waals surface area (Å²) in [6, 6.07) is 7.76. The first kappa shape index (κ1) is 20.2. The fourth-order valence-electron chi connectivity index (χ4n) is 2.93. The number of carbonyl (C=O) groups is 2. The van der Waals surface area contributed by atoms with Crippen LogP contribution in [0.5, 0.6) is 0 Å². The van der Waals surface area contributed by atoms with E-state index in [1.165, 1.54) is 10.8 Å². The van der Waals surface area contributed by atoms with Crippen molar-refractivity contribution in [3.63, 3.8) is 0 Å². The van der Waals surface area contributed by atoms with Crippen molar-refractivity contribution in [2.24, 2.45) is 0 Å². The monoisotopic (exact) mass is 397 g/mol. The fraction of sp³-hybridized carbons (Fsp3) is 0.350. The molecule has 29 heavy (non-hydrogen) atoms. The van der Waals surface area contributed by atoms with Crippen LogP contribution in [0.2, 0.25) is 0 Å². The molecule has 0 aliphatic rings. The third-order valence-corrected chi connectivity index (χ3v) is 4.45. The zero-order chi connectivity index (χ0) is 21.0. The van der Waals surface area contributed by atoms with Gasteiger partial charge in [-0.3, -0.25) is 19.0 Å². The molecule has 0 bridgehead atoms. The maximum absolute atomic E-state index is 12.9. The fourth-order valence-corrected chi connectivity index (χ4v) is 2.93. The van der Waals surface area contributed by atoms with Gasteiger partial charge in [-0.2, -0.15) is 5.10 Å². The molecule has 2 aromatic heterocycles. The van der Waals surface area contributed by atoms with Gasteiger partial charge in [0.25, 0.3) is 5.56 Å². The second kappa shape index (κ2) is 8.68. The minimum atomic E-state index is -0.499. The van der Waals surface area contributed by atoms with Crippen LogP contribution in [0.4, 0.5) is 0 Å². The molecule has 2 heterocycles. The average Bonchev–Trinajstić information content (AvgIpc) is 3.11. The quantitative estimate of drug-likeness (QED) is 0.602. The normalized spacial score (nSPS) is 10.9. The summed E-state index contributed by atoms with van der Waals surface area (Å²) in [6.45, 7) is 5.61. The molecule has 0 radical (unpaired) electrons. The smallest absolute Gasteiger partial charge is 0.325 e. The number of rotatable bonds is 7. The number of nitrogens with zero attached hydrogens (tertiary/aromatic N) is 4. The summed E-state index contributed by atoms with van der Waals surface area (Å²) in [5.74, 6) is -0.366. The molecule has 0 fully saturated rings. The lowest BCUT2D eigenvalue weighted by atomic mass is 10.2. The van der Waals surface area contributed by atoms with Gasteiger partial charge in [0.15, 0.2) is 5.65 Å². The Morgan fingerprint density at radius 2 is 1.90 bits per heavy atom. The number of benzene rings is 1. The maximum Gasteiger partial charge on any atom is 0.325 e. The predicted octanol–water partition coefficient (Wildman–Crippen LogP) is 1.27. The first-order valence-electron chi connectivity index (χ1n) is 9.35. The van der Waals surface area contributed by atoms with Crippen molar-refractivity contribution in [1.82, 2.24) is 24.6 Å². The standard InChI is InChI=1S/C20H23N5O4/c1-4-29-18(27)12-21-17(26)9-10-24-14(3)23-19-16(20(24)28)11-22-25(19)15-7-5-13(2)6-8-15/h5-8,11H,4,9-10,12H2,1-3H3,(H,21,26). The number of hydrogen-bond acceptors (Lipinski definition) is 6. The number of hydrogen-bond donors (Lipinski definition) is 1. The molecule has 0 atom stereocenters. The molecule has 0 aliphatic carbocycles. The van der Waals surface area contributed by atoms with Crippen LogP contribution in [0, 0.1) is 13.8 Å². The topological polar surface area (TPSA) is 108 Å². The van der Waals surface area contributed by atoms with E-state index in [2.05, 4.69) is 15.4 Å². The molecule has 0 spiro atoms. The summed E-state index contributed by atoms with van der Waals surface area (Å²) >= 11 is 0. The van der Waals surface area contributed by atoms with Crippen molar-refractivity contribution in [3.05, 3.63) is 52.2 Å². The third-order valence-electron chi connectivity index (χ3n) is 4.45. The van der Waals surface area contributed by atoms with Crippen LogP contribution in [0.1, 0.15) is 24.7 Å². The van der Waals surface area contributed by atoms with Crippen molar-refractivity contribution in [1.29, 1.82) is 0 Å². The molecule has 0 saturated heterocycles. The molecule has 152 valence electrons. The van der Waals surface area contributed by atoms with Crippen molar-refractivity contribution in [2.75, 3.05) is 13.2 Å². The van der Waals surface area contributed by atoms with Crippen LogP contribution >= 0.6 is 0 Å². The van der Waals surface area contributed by atoms with Crippen LogP contribution in [0.15, 0.2) is 35.3 Å². The van der Waals surface area contributed by atoms with Crippen molar-refractivity contribution in [3.8, 4) is 5.69 Å². The highest BCUT2D eigenvalue weighted by Crippen LogP contribution is 2.15. The predicted molar refractivity (Wildman–Crippen MR) is 107 cm³/mol. The molecule has 1 amide bonds. The summed E-state index contributed by atoms with van der Waals surface area (Å²) in [5.41, 5.74) is 2.15. The van der Waals surface area contributed by atoms with E-state index < -0.39 is 5.97 Å². The highest BCUT2D eigenvalue weighted by molar-refractivity contribution is 5.82. The second-order valence-electron chi connectivity index (χ2n) is 6.58. The summed E-state index contributed by atoms with van der Waals surface area (Å²) in [4.78, 5) is 40.7. The lowest BCUT2D eigenvalue weighted by Gasteiger charge is -2.10. The van der Waals surface area contributed by atoms with E-state index in [1.54, 1.807) is 18.5 Å². The Kier molecular flexibility index (Phi) is 6.06. The molecule has 0 aliphatic heterocycles. The maximum atomic E-state index is 12.9. The van der Waals surface area contributed by atoms with Crippen molar-refractivity contribution >= 4 is 22.9 Å². The average molecular weight is 397 g/mol. The van der Waals surface area contributed by atoms with Gasteiger partial charge in [-0.1, -0.05) is 17.7 Å². The number of carbonyl (C=O) groups excluding carboxylic acids is 2. The van der Waals surface area contributed by atoms with Gasteiger partial charge in [0.1, 0.15) is 17.8 Å². The van der Waals surface area contributed by atoms with Crippen LogP contribution < -0.4 is 10.9 Å². The molecule has 3 aromatic rings. The van der Waals surface area contributed by atoms with Gasteiger partial charge in [-0.25, -0.2) is 9.67 Å². The summed E-state index contributed by atoms with van der Waals surface area (Å²) in [5, 5.41) is 7.17. The van der Waals surface area contributed by atoms with Gasteiger partial charge >= 0.3 is 5.97 Å². The summed E-state index contributed by atoms with van der Waals surface area (Å²) < 4.78 is 7.82. The van der Waals surface area contributed by atoms with Crippen LogP contribution in [-0.2, 0) is 20.9 Å². The van der Waals surface area contributed by atoms with Crippen LogP contribution in [0.3, 0.4) is 0 Å². The SMILES string of the molecule is CCOC(=O)CNC(=O)CCn1c(C)nc2c(cnn2-c2ccc(C)cc2)c1=O. The van der Waals surface area contributed by atoms with Crippen LogP contribution in [0.25, 0.3) is 16.7 Å². The zero-order valence-electron chi connectivity index (χ0n) is 16.6. The number of nitrogens with one attached hydrogen (secondary N) is 1. The molecule has 1 N–H and O–H groups in total. The minimum absolute atomic E-state index is 0.0411. The van der Waals surface area contributed by atoms with Gasteiger partial charge in [0.05, 0.1) is 18.5 Å². The molecular formula is C20H23N5O4. The van der Waals surface area contributed by atoms with Crippen molar-refractivity contribution in [2.45, 2.75) is 33.7 Å². The van der Waals surface area contributed by atoms with Gasteiger partial charge in [-0.15, -0.1) is 0 Å². The molecule has 1 aromatic carbocycles. The number of aromatic nitrogens is 4. The van der Waals surface area contributed by atoms with Crippen molar-refractivity contribution < 1.29 is 14.3 Å². The number of amides is 1. The van der Waals surface area contributed by atoms with Gasteiger partial charge in [-0.05, 0) is 32.9 Å². The van der Waals surface area contributed by atoms with E-state index >= 15 is 0 Å². The molecule has 0 unspecified atom stereocenters. The molecule has 0 saturated carbocycles. The van der Waals surface area contributed by atoms with E-state index in [9.17, 15) is 14.4 Å². The van der Waals surface area contributed by atoms with E-state index in [4.69, 9.17) is 4.74 Å². The lowest BCUT2D eigenvalue weighted by molar-refractivity contribution is -0.143. The van der Waals surface area contributed by atoms with E-state index in [-0.39, 0.29) is 37.6 Å². The third kappa shape index (κ3) is 4.50. The Balaban J connectivity index is 1.78. The van der Waals surface area contributed by atoms with Gasteiger partial charge in [0.2, 0.25) is 5.91 Å². The molecular weight excluding hydrogens is 374 g/mol. The molecule has 9 heteroatoms. The minimum Gasteiger partial charge on any atom is -0.465 e. The Bertz CT molecular complexity index is 1100. The Morgan fingerprint density at radius 3 is 2.59 bits per heavy atom. The van der Waals surface area contributed by atoms with Gasteiger partial charge < -0.3 is 10.1 Å². The number of ether oxygens (including phenoxy) is 1. The Labute approximate surface area is 167 Å². The molecule has 3 rings (SSSR count). The largest absolute Gasteiger partial charge is 0.465 e. The summed E-state index contributed by atoms with van der Waals surface area (Å²) in [6.07, 6.45) is 1.53.